The summed E-state index contributed by atoms with van der Waals surface area (Å²) in [6.07, 6.45) is -0.395. The average molecular weight is 521 g/mol. The lowest BCUT2D eigenvalue weighted by Crippen LogP contribution is -2.59. The molecule has 1 atom stereocenters. The summed E-state index contributed by atoms with van der Waals surface area (Å²) in [6, 6.07) is 6.81. The molecule has 2 aliphatic heterocycles. The molecule has 0 aromatic heterocycles. The second kappa shape index (κ2) is 9.36. The van der Waals surface area contributed by atoms with E-state index in [1.165, 1.54) is 30.3 Å². The van der Waals surface area contributed by atoms with Crippen LogP contribution in [0.15, 0.2) is 42.5 Å². The first-order valence-corrected chi connectivity index (χ1v) is 11.3. The van der Waals surface area contributed by atoms with Gasteiger partial charge in [-0.2, -0.15) is 8.78 Å². The molecule has 2 aliphatic rings. The topological polar surface area (TPSA) is 78.0 Å². The minimum absolute atomic E-state index is 0.00234. The molecule has 2 heterocycles. The number of imide groups is 1. The summed E-state index contributed by atoms with van der Waals surface area (Å²) in [5.41, 5.74) is -0.370. The number of rotatable bonds is 5. The largest absolute Gasteiger partial charge is 0.398 e. The van der Waals surface area contributed by atoms with Gasteiger partial charge in [0.05, 0.1) is 31.4 Å². The van der Waals surface area contributed by atoms with Crippen molar-refractivity contribution >= 4 is 82.6 Å². The Kier molecular flexibility index (Phi) is 6.92. The Hall–Kier alpha value is -2.94. The highest BCUT2D eigenvalue weighted by Gasteiger charge is 2.49. The van der Waals surface area contributed by atoms with Crippen LogP contribution in [0.1, 0.15) is 33.5 Å². The van der Waals surface area contributed by atoms with Gasteiger partial charge in [0.25, 0.3) is 11.8 Å². The standard InChI is InChI=1S/C22H12B6ClF2N3O4/c23-20(24)8-15(17(36)33(27)18(20)37)32-9-10-7-12(3-6-14(10)16(32)35)22(25,26)34(28)19(38)21(30,31)11-1-4-13(29)5-2-11/h1-7,15H,8-9H2. The van der Waals surface area contributed by atoms with Gasteiger partial charge in [-0.15, -0.1) is 0 Å². The molecular formula is C22H12B6ClF2N3O4. The number of halogens is 3. The number of hydrogen-bond donors (Lipinski definition) is 0. The number of amides is 4. The maximum atomic E-state index is 14.9. The van der Waals surface area contributed by atoms with Crippen molar-refractivity contribution in [3.8, 4) is 0 Å². The van der Waals surface area contributed by atoms with Crippen molar-refractivity contribution in [2.75, 3.05) is 0 Å². The van der Waals surface area contributed by atoms with E-state index in [4.69, 9.17) is 58.9 Å². The van der Waals surface area contributed by atoms with E-state index in [9.17, 15) is 28.0 Å². The van der Waals surface area contributed by atoms with Crippen LogP contribution < -0.4 is 0 Å². The zero-order valence-electron chi connectivity index (χ0n) is 19.6. The highest BCUT2D eigenvalue weighted by Crippen LogP contribution is 2.38. The van der Waals surface area contributed by atoms with Crippen LogP contribution >= 0.6 is 11.6 Å². The van der Waals surface area contributed by atoms with Gasteiger partial charge < -0.3 is 14.5 Å². The fourth-order valence-electron chi connectivity index (χ4n) is 4.31. The van der Waals surface area contributed by atoms with Crippen LogP contribution in [0.2, 0.25) is 10.2 Å². The summed E-state index contributed by atoms with van der Waals surface area (Å²) in [4.78, 5) is 51.8. The van der Waals surface area contributed by atoms with E-state index in [1.54, 1.807) is 0 Å². The lowest BCUT2D eigenvalue weighted by atomic mass is 9.49. The Morgan fingerprint density at radius 2 is 1.63 bits per heavy atom. The quantitative estimate of drug-likeness (QED) is 0.414. The molecule has 178 valence electrons. The van der Waals surface area contributed by atoms with Crippen molar-refractivity contribution in [3.05, 3.63) is 69.7 Å². The number of carbonyl (C=O) groups excluding carboxylic acids is 4. The van der Waals surface area contributed by atoms with Crippen LogP contribution in [0.25, 0.3) is 0 Å². The fraction of sp³-hybridized carbons (Fsp3) is 0.273. The SMILES string of the molecule is [B]N1C(=O)C(N2Cc3cc(C([B])([B])N([B])C(=O)C(F)(F)c4ccc(Cl)cc4)ccc3C2=O)CC([B])([B])C1=O. The molecule has 0 saturated carbocycles. The molecule has 16 heteroatoms. The van der Waals surface area contributed by atoms with Gasteiger partial charge in [-0.05, 0) is 46.3 Å². The molecule has 38 heavy (non-hydrogen) atoms. The summed E-state index contributed by atoms with van der Waals surface area (Å²) in [7, 11) is 34.8. The third-order valence-corrected chi connectivity index (χ3v) is 6.79. The van der Waals surface area contributed by atoms with Gasteiger partial charge >= 0.3 is 5.92 Å². The van der Waals surface area contributed by atoms with Crippen LogP contribution in [-0.4, -0.2) is 91.5 Å². The van der Waals surface area contributed by atoms with E-state index in [1.807, 2.05) is 0 Å². The number of benzene rings is 2. The van der Waals surface area contributed by atoms with E-state index in [0.717, 1.165) is 17.0 Å². The molecule has 2 aromatic rings. The number of fused-ring (bicyclic) bond motifs is 1. The summed E-state index contributed by atoms with van der Waals surface area (Å²) >= 11 is 5.72. The minimum Gasteiger partial charge on any atom is -0.398 e. The van der Waals surface area contributed by atoms with E-state index in [0.29, 0.717) is 0 Å². The average Bonchev–Trinajstić information content (AvgIpc) is 3.19. The van der Waals surface area contributed by atoms with E-state index < -0.39 is 58.1 Å². The molecule has 0 spiro atoms. The number of carbonyl (C=O) groups is 4. The molecule has 1 fully saturated rings. The number of alkyl halides is 2. The Labute approximate surface area is 230 Å². The van der Waals surface area contributed by atoms with E-state index in [-0.39, 0.29) is 37.9 Å². The lowest BCUT2D eigenvalue weighted by Gasteiger charge is -2.42. The van der Waals surface area contributed by atoms with Gasteiger partial charge in [-0.1, -0.05) is 35.9 Å². The monoisotopic (exact) mass is 521 g/mol. The van der Waals surface area contributed by atoms with E-state index >= 15 is 0 Å². The van der Waals surface area contributed by atoms with Gasteiger partial charge in [0, 0.05) is 22.7 Å². The fourth-order valence-corrected chi connectivity index (χ4v) is 4.43. The normalized spacial score (nSPS) is 19.4. The Morgan fingerprint density at radius 3 is 2.24 bits per heavy atom. The first kappa shape index (κ1) is 28.1. The van der Waals surface area contributed by atoms with Crippen LogP contribution in [0.5, 0.6) is 0 Å². The molecule has 0 N–H and O–H groups in total. The summed E-state index contributed by atoms with van der Waals surface area (Å²) in [6.45, 7) is -0.188. The van der Waals surface area contributed by atoms with Gasteiger partial charge in [0.1, 0.15) is 6.04 Å². The smallest absolute Gasteiger partial charge is 0.348 e. The molecule has 0 bridgehead atoms. The lowest BCUT2D eigenvalue weighted by molar-refractivity contribution is -0.155. The van der Waals surface area contributed by atoms with Crippen LogP contribution in [-0.2, 0) is 32.2 Å². The minimum atomic E-state index is -4.10. The molecule has 0 aliphatic carbocycles. The van der Waals surface area contributed by atoms with E-state index in [2.05, 4.69) is 0 Å². The third kappa shape index (κ3) is 4.48. The zero-order valence-corrected chi connectivity index (χ0v) is 20.4. The maximum Gasteiger partial charge on any atom is 0.348 e. The molecule has 2 aromatic carbocycles. The predicted molar refractivity (Wildman–Crippen MR) is 138 cm³/mol. The second-order valence-electron chi connectivity index (χ2n) is 9.16. The van der Waals surface area contributed by atoms with Crippen molar-refractivity contribution in [1.29, 1.82) is 0 Å². The predicted octanol–water partition coefficient (Wildman–Crippen LogP) is 0.111. The molecule has 4 amide bonds. The van der Waals surface area contributed by atoms with Crippen molar-refractivity contribution in [2.45, 2.75) is 35.5 Å². The first-order valence-electron chi connectivity index (χ1n) is 11.0. The number of nitrogens with zero attached hydrogens (tertiary/aromatic N) is 3. The number of hydrogen-bond acceptors (Lipinski definition) is 4. The number of piperidine rings is 1. The van der Waals surface area contributed by atoms with Crippen LogP contribution in [0.4, 0.5) is 8.78 Å². The van der Waals surface area contributed by atoms with Crippen molar-refractivity contribution < 1.29 is 28.0 Å². The first-order chi connectivity index (χ1) is 17.5. The van der Waals surface area contributed by atoms with Gasteiger partial charge in [-0.3, -0.25) is 19.2 Å². The van der Waals surface area contributed by atoms with Gasteiger partial charge in [0.2, 0.25) is 27.8 Å². The highest BCUT2D eigenvalue weighted by atomic mass is 35.5. The summed E-state index contributed by atoms with van der Waals surface area (Å²) in [5, 5.41) is -4.25. The van der Waals surface area contributed by atoms with Crippen molar-refractivity contribution in [3.63, 3.8) is 0 Å². The van der Waals surface area contributed by atoms with Gasteiger partial charge in [0.15, 0.2) is 0 Å². The third-order valence-electron chi connectivity index (χ3n) is 6.54. The summed E-state index contributed by atoms with van der Waals surface area (Å²) < 4.78 is 29.8. The summed E-state index contributed by atoms with van der Waals surface area (Å²) in [5.74, 6) is -8.51. The van der Waals surface area contributed by atoms with Crippen molar-refractivity contribution in [1.82, 2.24) is 14.5 Å². The molecule has 1 unspecified atom stereocenters. The highest BCUT2D eigenvalue weighted by molar-refractivity contribution is 6.54. The molecule has 7 nitrogen and oxygen atoms in total. The Balaban J connectivity index is 1.60. The molecule has 4 rings (SSSR count). The maximum absolute atomic E-state index is 14.9. The van der Waals surface area contributed by atoms with Crippen LogP contribution in [0, 0.1) is 0 Å². The zero-order chi connectivity index (χ0) is 28.4. The molecular weight excluding hydrogens is 509 g/mol. The second-order valence-corrected chi connectivity index (χ2v) is 9.60. The van der Waals surface area contributed by atoms with Gasteiger partial charge in [-0.25, -0.2) is 0 Å². The molecule has 1 saturated heterocycles. The van der Waals surface area contributed by atoms with Crippen LogP contribution in [0.3, 0.4) is 0 Å². The van der Waals surface area contributed by atoms with Crippen molar-refractivity contribution in [2.24, 2.45) is 0 Å². The molecule has 12 radical (unpaired) electrons. The Morgan fingerprint density at radius 1 is 1.05 bits per heavy atom. The Bertz CT molecular complexity index is 1360.